The number of hydrogen-bond donors (Lipinski definition) is 0. The molecule has 0 atom stereocenters. The third-order valence-corrected chi connectivity index (χ3v) is 6.48. The van der Waals surface area contributed by atoms with E-state index in [1.807, 2.05) is 26.0 Å². The number of rotatable bonds is 7. The third-order valence-electron chi connectivity index (χ3n) is 3.76. The lowest BCUT2D eigenvalue weighted by atomic mass is 10.1. The lowest BCUT2D eigenvalue weighted by molar-refractivity contribution is 0.466. The van der Waals surface area contributed by atoms with Crippen molar-refractivity contribution in [3.8, 4) is 11.5 Å². The van der Waals surface area contributed by atoms with Crippen LogP contribution in [0.3, 0.4) is 0 Å². The number of benzene rings is 2. The average Bonchev–Trinajstić information content (AvgIpc) is 3.08. The first kappa shape index (κ1) is 18.7. The van der Waals surface area contributed by atoms with Crippen molar-refractivity contribution < 1.29 is 12.8 Å². The van der Waals surface area contributed by atoms with E-state index in [0.29, 0.717) is 28.2 Å². The molecular weight excluding hydrogens is 368 g/mol. The molecule has 5 nitrogen and oxygen atoms in total. The zero-order valence-electron chi connectivity index (χ0n) is 14.7. The van der Waals surface area contributed by atoms with Gasteiger partial charge in [0.1, 0.15) is 0 Å². The maximum Gasteiger partial charge on any atom is 0.276 e. The molecule has 0 bridgehead atoms. The van der Waals surface area contributed by atoms with Crippen LogP contribution in [0.5, 0.6) is 0 Å². The number of thioether (sulfide) groups is 1. The van der Waals surface area contributed by atoms with Crippen LogP contribution in [0.2, 0.25) is 0 Å². The van der Waals surface area contributed by atoms with E-state index in [1.54, 1.807) is 30.3 Å². The van der Waals surface area contributed by atoms with Gasteiger partial charge in [-0.15, -0.1) is 10.2 Å². The standard InChI is InChI=1S/C19H20N2O3S2/c1-14-11-15(2)13-16(12-14)18-20-21-19(24-18)25-9-6-10-26(22,23)17-7-4-3-5-8-17/h3-5,7-8,11-13H,6,9-10H2,1-2H3. The Morgan fingerprint density at radius 3 is 2.38 bits per heavy atom. The molecule has 0 radical (unpaired) electrons. The molecule has 0 fully saturated rings. The van der Waals surface area contributed by atoms with Gasteiger partial charge in [-0.1, -0.05) is 47.2 Å². The van der Waals surface area contributed by atoms with Gasteiger partial charge in [0.25, 0.3) is 5.22 Å². The molecule has 0 N–H and O–H groups in total. The molecule has 0 aliphatic heterocycles. The predicted molar refractivity (Wildman–Crippen MR) is 103 cm³/mol. The summed E-state index contributed by atoms with van der Waals surface area (Å²) in [5, 5.41) is 8.58. The summed E-state index contributed by atoms with van der Waals surface area (Å²) in [6.45, 7) is 4.05. The monoisotopic (exact) mass is 388 g/mol. The summed E-state index contributed by atoms with van der Waals surface area (Å²) in [7, 11) is -3.24. The van der Waals surface area contributed by atoms with E-state index in [0.717, 1.165) is 16.7 Å². The van der Waals surface area contributed by atoms with Crippen molar-refractivity contribution in [1.82, 2.24) is 10.2 Å². The van der Waals surface area contributed by atoms with Gasteiger partial charge in [-0.2, -0.15) is 0 Å². The lowest BCUT2D eigenvalue weighted by Crippen LogP contribution is -2.07. The van der Waals surface area contributed by atoms with E-state index in [9.17, 15) is 8.42 Å². The third kappa shape index (κ3) is 4.74. The largest absolute Gasteiger partial charge is 0.411 e. The molecule has 0 unspecified atom stereocenters. The first-order valence-corrected chi connectivity index (χ1v) is 10.9. The van der Waals surface area contributed by atoms with Crippen molar-refractivity contribution in [1.29, 1.82) is 0 Å². The highest BCUT2D eigenvalue weighted by atomic mass is 32.2. The molecule has 1 heterocycles. The summed E-state index contributed by atoms with van der Waals surface area (Å²) in [5.41, 5.74) is 3.17. The van der Waals surface area contributed by atoms with Crippen LogP contribution in [0.15, 0.2) is 63.1 Å². The second-order valence-electron chi connectivity index (χ2n) is 6.08. The highest BCUT2D eigenvalue weighted by Gasteiger charge is 2.14. The van der Waals surface area contributed by atoms with E-state index in [4.69, 9.17) is 4.42 Å². The fourth-order valence-corrected chi connectivity index (χ4v) is 4.85. The van der Waals surface area contributed by atoms with E-state index >= 15 is 0 Å². The first-order valence-electron chi connectivity index (χ1n) is 8.27. The number of hydrogen-bond acceptors (Lipinski definition) is 6. The van der Waals surface area contributed by atoms with E-state index < -0.39 is 9.84 Å². The molecular formula is C19H20N2O3S2. The molecule has 1 aromatic heterocycles. The van der Waals surface area contributed by atoms with E-state index in [2.05, 4.69) is 16.3 Å². The minimum Gasteiger partial charge on any atom is -0.411 e. The van der Waals surface area contributed by atoms with Crippen LogP contribution >= 0.6 is 11.8 Å². The normalized spacial score (nSPS) is 11.6. The van der Waals surface area contributed by atoms with Crippen LogP contribution in [0, 0.1) is 13.8 Å². The Kier molecular flexibility index (Phi) is 5.78. The summed E-state index contributed by atoms with van der Waals surface area (Å²) in [5.74, 6) is 1.18. The van der Waals surface area contributed by atoms with Crippen LogP contribution in [-0.4, -0.2) is 30.1 Å². The Morgan fingerprint density at radius 2 is 1.69 bits per heavy atom. The number of sulfone groups is 1. The van der Waals surface area contributed by atoms with Crippen molar-refractivity contribution in [3.63, 3.8) is 0 Å². The number of nitrogens with zero attached hydrogens (tertiary/aromatic N) is 2. The Morgan fingerprint density at radius 1 is 1.00 bits per heavy atom. The minimum absolute atomic E-state index is 0.0993. The van der Waals surface area contributed by atoms with Crippen molar-refractivity contribution in [3.05, 3.63) is 59.7 Å². The van der Waals surface area contributed by atoms with Gasteiger partial charge in [0, 0.05) is 11.3 Å². The van der Waals surface area contributed by atoms with Gasteiger partial charge in [0.05, 0.1) is 10.6 Å². The van der Waals surface area contributed by atoms with E-state index in [-0.39, 0.29) is 5.75 Å². The first-order chi connectivity index (χ1) is 12.4. The Bertz CT molecular complexity index is 963. The van der Waals surface area contributed by atoms with Crippen LogP contribution in [0.25, 0.3) is 11.5 Å². The fraction of sp³-hybridized carbons (Fsp3) is 0.263. The van der Waals surface area contributed by atoms with Gasteiger partial charge in [-0.25, -0.2) is 8.42 Å². The van der Waals surface area contributed by atoms with Gasteiger partial charge < -0.3 is 4.42 Å². The summed E-state index contributed by atoms with van der Waals surface area (Å²) >= 11 is 1.38. The average molecular weight is 389 g/mol. The molecule has 3 aromatic rings. The van der Waals surface area contributed by atoms with Crippen LogP contribution in [-0.2, 0) is 9.84 Å². The van der Waals surface area contributed by atoms with Crippen LogP contribution in [0.1, 0.15) is 17.5 Å². The van der Waals surface area contributed by atoms with Crippen LogP contribution < -0.4 is 0 Å². The molecule has 0 aliphatic rings. The lowest BCUT2D eigenvalue weighted by Gasteiger charge is -2.03. The SMILES string of the molecule is Cc1cc(C)cc(-c2nnc(SCCCS(=O)(=O)c3ccccc3)o2)c1. The molecule has 136 valence electrons. The van der Waals surface area contributed by atoms with Crippen LogP contribution in [0.4, 0.5) is 0 Å². The van der Waals surface area contributed by atoms with Gasteiger partial charge >= 0.3 is 0 Å². The fourth-order valence-electron chi connectivity index (χ4n) is 2.64. The molecule has 0 saturated carbocycles. The number of aromatic nitrogens is 2. The van der Waals surface area contributed by atoms with Gasteiger partial charge in [0.15, 0.2) is 9.84 Å². The van der Waals surface area contributed by atoms with E-state index in [1.165, 1.54) is 11.8 Å². The van der Waals surface area contributed by atoms with Gasteiger partial charge in [-0.3, -0.25) is 0 Å². The summed E-state index contributed by atoms with van der Waals surface area (Å²) in [6.07, 6.45) is 0.517. The van der Waals surface area contributed by atoms with Crippen molar-refractivity contribution in [2.24, 2.45) is 0 Å². The zero-order valence-corrected chi connectivity index (χ0v) is 16.3. The maximum absolute atomic E-state index is 12.2. The molecule has 2 aromatic carbocycles. The molecule has 0 aliphatic carbocycles. The minimum atomic E-state index is -3.24. The molecule has 0 saturated heterocycles. The molecule has 3 rings (SSSR count). The molecule has 7 heteroatoms. The smallest absolute Gasteiger partial charge is 0.276 e. The molecule has 0 spiro atoms. The highest BCUT2D eigenvalue weighted by molar-refractivity contribution is 7.99. The zero-order chi connectivity index (χ0) is 18.6. The second kappa shape index (κ2) is 8.05. The second-order valence-corrected chi connectivity index (χ2v) is 9.24. The number of aryl methyl sites for hydroxylation is 2. The topological polar surface area (TPSA) is 73.1 Å². The van der Waals surface area contributed by atoms with Crippen molar-refractivity contribution in [2.45, 2.75) is 30.4 Å². The van der Waals surface area contributed by atoms with Gasteiger partial charge in [0.2, 0.25) is 5.89 Å². The van der Waals surface area contributed by atoms with Crippen molar-refractivity contribution >= 4 is 21.6 Å². The molecule has 0 amide bonds. The maximum atomic E-state index is 12.2. The molecule has 26 heavy (non-hydrogen) atoms. The summed E-state index contributed by atoms with van der Waals surface area (Å²) in [6, 6.07) is 14.6. The quantitative estimate of drug-likeness (QED) is 0.444. The highest BCUT2D eigenvalue weighted by Crippen LogP contribution is 2.25. The van der Waals surface area contributed by atoms with Crippen molar-refractivity contribution in [2.75, 3.05) is 11.5 Å². The Balaban J connectivity index is 1.56. The Labute approximate surface area is 157 Å². The summed E-state index contributed by atoms with van der Waals surface area (Å²) in [4.78, 5) is 0.361. The Hall–Kier alpha value is -2.12. The van der Waals surface area contributed by atoms with Gasteiger partial charge in [-0.05, 0) is 44.5 Å². The summed E-state index contributed by atoms with van der Waals surface area (Å²) < 4.78 is 30.2. The predicted octanol–water partition coefficient (Wildman–Crippen LogP) is 4.31.